The number of carbonyl (C=O) groups excluding carboxylic acids is 1. The summed E-state index contributed by atoms with van der Waals surface area (Å²) in [6, 6.07) is 25.4. The first-order chi connectivity index (χ1) is 19.1. The van der Waals surface area contributed by atoms with Crippen molar-refractivity contribution in [2.45, 2.75) is 6.92 Å². The summed E-state index contributed by atoms with van der Waals surface area (Å²) in [5.74, 6) is 1.68. The SMILES string of the molecule is CCOc1ccc(C(=O)N2CCN(c3ncnc4c3c(-c3ccccc3)cn4-c3ccc(Cl)cc3)CC2)cc1. The van der Waals surface area contributed by atoms with Crippen LogP contribution >= 0.6 is 11.6 Å². The third-order valence-electron chi connectivity index (χ3n) is 7.03. The van der Waals surface area contributed by atoms with E-state index in [0.29, 0.717) is 43.4 Å². The van der Waals surface area contributed by atoms with Crippen LogP contribution in [0.1, 0.15) is 17.3 Å². The largest absolute Gasteiger partial charge is 0.494 e. The number of ether oxygens (including phenoxy) is 1. The number of piperazine rings is 1. The number of aromatic nitrogens is 3. The Morgan fingerprint density at radius 3 is 2.31 bits per heavy atom. The quantitative estimate of drug-likeness (QED) is 0.262. The zero-order valence-corrected chi connectivity index (χ0v) is 22.4. The summed E-state index contributed by atoms with van der Waals surface area (Å²) >= 11 is 6.16. The number of benzene rings is 3. The van der Waals surface area contributed by atoms with Gasteiger partial charge in [-0.15, -0.1) is 0 Å². The van der Waals surface area contributed by atoms with Crippen LogP contribution in [-0.4, -0.2) is 58.1 Å². The molecule has 1 saturated heterocycles. The standard InChI is InChI=1S/C31H28ClN5O2/c1-2-39-26-14-8-23(9-15-26)31(38)36-18-16-35(17-19-36)29-28-27(22-6-4-3-5-7-22)20-37(30(28)34-21-33-29)25-12-10-24(32)11-13-25/h3-15,20-21H,2,16-19H2,1H3. The lowest BCUT2D eigenvalue weighted by molar-refractivity contribution is 0.0746. The number of nitrogens with zero attached hydrogens (tertiary/aromatic N) is 5. The first-order valence-corrected chi connectivity index (χ1v) is 13.4. The van der Waals surface area contributed by atoms with Gasteiger partial charge in [0.05, 0.1) is 12.0 Å². The first kappa shape index (κ1) is 24.9. The average Bonchev–Trinajstić information content (AvgIpc) is 3.38. The van der Waals surface area contributed by atoms with Gasteiger partial charge in [-0.1, -0.05) is 41.9 Å². The molecule has 0 bridgehead atoms. The lowest BCUT2D eigenvalue weighted by atomic mass is 10.1. The molecule has 0 spiro atoms. The van der Waals surface area contributed by atoms with Crippen LogP contribution in [0.2, 0.25) is 5.02 Å². The van der Waals surface area contributed by atoms with E-state index >= 15 is 0 Å². The molecule has 0 N–H and O–H groups in total. The molecular weight excluding hydrogens is 510 g/mol. The molecule has 0 atom stereocenters. The molecule has 5 aromatic rings. The summed E-state index contributed by atoms with van der Waals surface area (Å²) in [6.07, 6.45) is 3.74. The highest BCUT2D eigenvalue weighted by Crippen LogP contribution is 2.37. The summed E-state index contributed by atoms with van der Waals surface area (Å²) in [7, 11) is 0. The first-order valence-electron chi connectivity index (χ1n) is 13.1. The van der Waals surface area contributed by atoms with Crippen molar-refractivity contribution in [1.29, 1.82) is 0 Å². The Morgan fingerprint density at radius 2 is 1.62 bits per heavy atom. The summed E-state index contributed by atoms with van der Waals surface area (Å²) in [6.45, 7) is 5.11. The molecule has 0 unspecified atom stereocenters. The van der Waals surface area contributed by atoms with Crippen molar-refractivity contribution in [3.63, 3.8) is 0 Å². The fourth-order valence-electron chi connectivity index (χ4n) is 5.08. The van der Waals surface area contributed by atoms with Crippen LogP contribution in [0.15, 0.2) is 91.4 Å². The lowest BCUT2D eigenvalue weighted by Crippen LogP contribution is -2.49. The number of amides is 1. The Bertz CT molecular complexity index is 1590. The van der Waals surface area contributed by atoms with Gasteiger partial charge in [0.1, 0.15) is 17.9 Å². The van der Waals surface area contributed by atoms with Gasteiger partial charge in [-0.2, -0.15) is 0 Å². The zero-order valence-electron chi connectivity index (χ0n) is 21.6. The predicted molar refractivity (Wildman–Crippen MR) is 155 cm³/mol. The molecule has 1 aliphatic heterocycles. The molecule has 1 fully saturated rings. The summed E-state index contributed by atoms with van der Waals surface area (Å²) in [5.41, 5.74) is 4.62. The molecule has 2 aromatic heterocycles. The molecule has 196 valence electrons. The van der Waals surface area contributed by atoms with Crippen LogP contribution in [0.25, 0.3) is 27.8 Å². The van der Waals surface area contributed by atoms with E-state index in [1.54, 1.807) is 6.33 Å². The molecule has 0 aliphatic carbocycles. The Morgan fingerprint density at radius 1 is 0.897 bits per heavy atom. The van der Waals surface area contributed by atoms with Gasteiger partial charge in [-0.3, -0.25) is 4.79 Å². The second kappa shape index (κ2) is 10.8. The van der Waals surface area contributed by atoms with E-state index in [1.807, 2.05) is 78.6 Å². The summed E-state index contributed by atoms with van der Waals surface area (Å²) in [4.78, 5) is 26.8. The Kier molecular flexibility index (Phi) is 6.90. The van der Waals surface area contributed by atoms with Crippen molar-refractivity contribution in [3.8, 4) is 22.6 Å². The molecule has 1 aliphatic rings. The third-order valence-corrected chi connectivity index (χ3v) is 7.28. The van der Waals surface area contributed by atoms with Gasteiger partial charge in [0.2, 0.25) is 0 Å². The number of rotatable bonds is 6. The van der Waals surface area contributed by atoms with Gasteiger partial charge < -0.3 is 19.1 Å². The molecule has 7 nitrogen and oxygen atoms in total. The van der Waals surface area contributed by atoms with E-state index in [4.69, 9.17) is 26.3 Å². The monoisotopic (exact) mass is 537 g/mol. The minimum Gasteiger partial charge on any atom is -0.494 e. The molecule has 3 aromatic carbocycles. The number of carbonyl (C=O) groups is 1. The van der Waals surface area contributed by atoms with E-state index in [1.165, 1.54) is 0 Å². The van der Waals surface area contributed by atoms with Crippen molar-refractivity contribution >= 4 is 34.4 Å². The minimum atomic E-state index is 0.0319. The Balaban J connectivity index is 1.31. The fourth-order valence-corrected chi connectivity index (χ4v) is 5.21. The summed E-state index contributed by atoms with van der Waals surface area (Å²) in [5, 5.41) is 1.68. The zero-order chi connectivity index (χ0) is 26.8. The van der Waals surface area contributed by atoms with E-state index in [0.717, 1.165) is 39.4 Å². The van der Waals surface area contributed by atoms with Crippen molar-refractivity contribution < 1.29 is 9.53 Å². The molecule has 1 amide bonds. The Labute approximate surface area is 232 Å². The number of hydrogen-bond donors (Lipinski definition) is 0. The maximum absolute atomic E-state index is 13.2. The van der Waals surface area contributed by atoms with Crippen molar-refractivity contribution in [2.75, 3.05) is 37.7 Å². The van der Waals surface area contributed by atoms with E-state index in [-0.39, 0.29) is 5.91 Å². The molecule has 0 radical (unpaired) electrons. The normalized spacial score (nSPS) is 13.6. The summed E-state index contributed by atoms with van der Waals surface area (Å²) < 4.78 is 7.60. The number of halogens is 1. The van der Waals surface area contributed by atoms with Crippen molar-refractivity contribution in [3.05, 3.63) is 102 Å². The second-order valence-corrected chi connectivity index (χ2v) is 9.82. The highest BCUT2D eigenvalue weighted by Gasteiger charge is 2.26. The van der Waals surface area contributed by atoms with Gasteiger partial charge in [-0.25, -0.2) is 9.97 Å². The van der Waals surface area contributed by atoms with Crippen LogP contribution in [0, 0.1) is 0 Å². The molecule has 0 saturated carbocycles. The molecule has 8 heteroatoms. The molecule has 3 heterocycles. The molecular formula is C31H28ClN5O2. The van der Waals surface area contributed by atoms with Crippen LogP contribution in [0.4, 0.5) is 5.82 Å². The molecule has 6 rings (SSSR count). The smallest absolute Gasteiger partial charge is 0.253 e. The van der Waals surface area contributed by atoms with E-state index in [2.05, 4.69) is 27.8 Å². The van der Waals surface area contributed by atoms with E-state index in [9.17, 15) is 4.79 Å². The van der Waals surface area contributed by atoms with Gasteiger partial charge >= 0.3 is 0 Å². The molecule has 39 heavy (non-hydrogen) atoms. The fraction of sp³-hybridized carbons (Fsp3) is 0.194. The van der Waals surface area contributed by atoms with Crippen molar-refractivity contribution in [1.82, 2.24) is 19.4 Å². The topological polar surface area (TPSA) is 63.5 Å². The van der Waals surface area contributed by atoms with Crippen LogP contribution in [0.5, 0.6) is 5.75 Å². The van der Waals surface area contributed by atoms with Crippen molar-refractivity contribution in [2.24, 2.45) is 0 Å². The van der Waals surface area contributed by atoms with Crippen LogP contribution < -0.4 is 9.64 Å². The number of hydrogen-bond acceptors (Lipinski definition) is 5. The lowest BCUT2D eigenvalue weighted by Gasteiger charge is -2.35. The maximum atomic E-state index is 13.2. The predicted octanol–water partition coefficient (Wildman–Crippen LogP) is 6.10. The van der Waals surface area contributed by atoms with Gasteiger partial charge in [0.25, 0.3) is 5.91 Å². The third kappa shape index (κ3) is 4.93. The highest BCUT2D eigenvalue weighted by atomic mass is 35.5. The van der Waals surface area contributed by atoms with Gasteiger partial charge in [0, 0.05) is 54.2 Å². The van der Waals surface area contributed by atoms with Crippen LogP contribution in [-0.2, 0) is 0 Å². The average molecular weight is 538 g/mol. The second-order valence-electron chi connectivity index (χ2n) is 9.39. The van der Waals surface area contributed by atoms with Gasteiger partial charge in [0.15, 0.2) is 5.65 Å². The maximum Gasteiger partial charge on any atom is 0.253 e. The highest BCUT2D eigenvalue weighted by molar-refractivity contribution is 6.30. The number of fused-ring (bicyclic) bond motifs is 1. The minimum absolute atomic E-state index is 0.0319. The van der Waals surface area contributed by atoms with Crippen LogP contribution in [0.3, 0.4) is 0 Å². The van der Waals surface area contributed by atoms with E-state index < -0.39 is 0 Å². The number of anilines is 1. The Hall–Kier alpha value is -4.36. The van der Waals surface area contributed by atoms with Gasteiger partial charge in [-0.05, 0) is 61.0 Å².